The topological polar surface area (TPSA) is 70.6 Å². The molecule has 0 saturated carbocycles. The summed E-state index contributed by atoms with van der Waals surface area (Å²) in [6, 6.07) is 16.4. The minimum atomic E-state index is -0.423. The van der Waals surface area contributed by atoms with Gasteiger partial charge in [-0.15, -0.1) is 0 Å². The fourth-order valence-electron chi connectivity index (χ4n) is 1.91. The van der Waals surface area contributed by atoms with Crippen LogP contribution in [0.2, 0.25) is 5.02 Å². The van der Waals surface area contributed by atoms with Gasteiger partial charge in [0, 0.05) is 0 Å². The molecule has 0 bridgehead atoms. The number of carbonyl (C=O) groups excluding carboxylic acids is 2. The van der Waals surface area contributed by atoms with Gasteiger partial charge in [0.15, 0.2) is 0 Å². The highest BCUT2D eigenvalue weighted by Crippen LogP contribution is 2.14. The van der Waals surface area contributed by atoms with Gasteiger partial charge < -0.3 is 5.32 Å². The summed E-state index contributed by atoms with van der Waals surface area (Å²) in [6.07, 6.45) is 3.68. The predicted octanol–water partition coefficient (Wildman–Crippen LogP) is 3.28. The van der Waals surface area contributed by atoms with Gasteiger partial charge >= 0.3 is 0 Å². The lowest BCUT2D eigenvalue weighted by atomic mass is 10.2. The number of hydrazone groups is 1. The first kappa shape index (κ1) is 18.4. The standard InChI is InChI=1S/C19H18ClN3O2/c1-14(11-12-15-7-3-2-4-8-15)22-23-18(24)13-21-19(25)16-9-5-6-10-17(16)20/h2-12H,13H2,1H3,(H,21,25)(H,23,24)/b12-11+,22-14-. The van der Waals surface area contributed by atoms with E-state index < -0.39 is 11.8 Å². The van der Waals surface area contributed by atoms with Crippen LogP contribution in [-0.4, -0.2) is 24.1 Å². The Morgan fingerprint density at radius 1 is 1.08 bits per heavy atom. The van der Waals surface area contributed by atoms with E-state index in [4.69, 9.17) is 11.6 Å². The molecule has 2 aromatic rings. The molecule has 0 aliphatic rings. The van der Waals surface area contributed by atoms with Crippen molar-refractivity contribution in [3.05, 3.63) is 76.8 Å². The number of amides is 2. The highest BCUT2D eigenvalue weighted by atomic mass is 35.5. The van der Waals surface area contributed by atoms with E-state index in [1.165, 1.54) is 0 Å². The number of carbonyl (C=O) groups is 2. The molecule has 2 amide bonds. The second kappa shape index (κ2) is 9.39. The maximum Gasteiger partial charge on any atom is 0.259 e. The largest absolute Gasteiger partial charge is 0.343 e. The SMILES string of the molecule is CC(/C=C/c1ccccc1)=N/NC(=O)CNC(=O)c1ccccc1Cl. The van der Waals surface area contributed by atoms with Crippen LogP contribution in [0.4, 0.5) is 0 Å². The van der Waals surface area contributed by atoms with Crippen molar-refractivity contribution in [2.45, 2.75) is 6.92 Å². The number of benzene rings is 2. The van der Waals surface area contributed by atoms with Crippen LogP contribution in [-0.2, 0) is 4.79 Å². The van der Waals surface area contributed by atoms with Gasteiger partial charge in [-0.2, -0.15) is 5.10 Å². The Hall–Kier alpha value is -2.92. The van der Waals surface area contributed by atoms with Crippen LogP contribution >= 0.6 is 11.6 Å². The molecule has 0 saturated heterocycles. The molecule has 0 heterocycles. The van der Waals surface area contributed by atoms with Crippen LogP contribution in [0.25, 0.3) is 6.08 Å². The lowest BCUT2D eigenvalue weighted by molar-refractivity contribution is -0.120. The van der Waals surface area contributed by atoms with E-state index in [1.807, 2.05) is 36.4 Å². The van der Waals surface area contributed by atoms with Crippen LogP contribution in [0.3, 0.4) is 0 Å². The zero-order chi connectivity index (χ0) is 18.1. The minimum absolute atomic E-state index is 0.191. The van der Waals surface area contributed by atoms with E-state index in [-0.39, 0.29) is 6.54 Å². The van der Waals surface area contributed by atoms with E-state index in [0.717, 1.165) is 5.56 Å². The molecule has 0 fully saturated rings. The zero-order valence-corrected chi connectivity index (χ0v) is 14.5. The van der Waals surface area contributed by atoms with Crippen LogP contribution < -0.4 is 10.7 Å². The normalized spacial score (nSPS) is 11.4. The summed E-state index contributed by atoms with van der Waals surface area (Å²) in [4.78, 5) is 23.7. The molecule has 0 atom stereocenters. The van der Waals surface area contributed by atoms with E-state index in [2.05, 4.69) is 15.8 Å². The number of allylic oxidation sites excluding steroid dienone is 1. The van der Waals surface area contributed by atoms with Crippen LogP contribution in [0.15, 0.2) is 65.8 Å². The molecule has 25 heavy (non-hydrogen) atoms. The molecule has 5 nitrogen and oxygen atoms in total. The molecule has 0 unspecified atom stereocenters. The van der Waals surface area contributed by atoms with E-state index in [0.29, 0.717) is 16.3 Å². The van der Waals surface area contributed by atoms with Crippen LogP contribution in [0, 0.1) is 0 Å². The average molecular weight is 356 g/mol. The number of halogens is 1. The Bertz CT molecular complexity index is 801. The summed E-state index contributed by atoms with van der Waals surface area (Å²) < 4.78 is 0. The molecule has 2 rings (SSSR count). The van der Waals surface area contributed by atoms with Gasteiger partial charge in [-0.1, -0.05) is 60.1 Å². The first-order valence-electron chi connectivity index (χ1n) is 7.65. The van der Waals surface area contributed by atoms with Crippen LogP contribution in [0.5, 0.6) is 0 Å². The third-order valence-corrected chi connectivity index (χ3v) is 3.53. The molecule has 0 aromatic heterocycles. The quantitative estimate of drug-likeness (QED) is 0.616. The van der Waals surface area contributed by atoms with Gasteiger partial charge in [0.25, 0.3) is 11.8 Å². The van der Waals surface area contributed by atoms with Crippen molar-refractivity contribution in [1.29, 1.82) is 0 Å². The monoisotopic (exact) mass is 355 g/mol. The Kier molecular flexibility index (Phi) is 6.92. The molecular formula is C19H18ClN3O2. The third kappa shape index (κ3) is 6.24. The summed E-state index contributed by atoms with van der Waals surface area (Å²) in [5, 5.41) is 6.79. The number of nitrogens with zero attached hydrogens (tertiary/aromatic N) is 1. The number of hydrogen-bond donors (Lipinski definition) is 2. The van der Waals surface area contributed by atoms with Crippen molar-refractivity contribution < 1.29 is 9.59 Å². The third-order valence-electron chi connectivity index (χ3n) is 3.20. The van der Waals surface area contributed by atoms with Gasteiger partial charge in [0.2, 0.25) is 0 Å². The highest BCUT2D eigenvalue weighted by Gasteiger charge is 2.10. The van der Waals surface area contributed by atoms with E-state index in [9.17, 15) is 9.59 Å². The molecular weight excluding hydrogens is 338 g/mol. The number of nitrogens with one attached hydrogen (secondary N) is 2. The summed E-state index contributed by atoms with van der Waals surface area (Å²) in [5.41, 5.74) is 4.38. The van der Waals surface area contributed by atoms with Gasteiger partial charge in [-0.05, 0) is 30.7 Å². The molecule has 128 valence electrons. The lowest BCUT2D eigenvalue weighted by Crippen LogP contribution is -2.35. The summed E-state index contributed by atoms with van der Waals surface area (Å²) >= 11 is 5.93. The second-order valence-corrected chi connectivity index (χ2v) is 5.60. The Labute approximate surface area is 151 Å². The molecule has 0 radical (unpaired) electrons. The number of rotatable bonds is 6. The fraction of sp³-hybridized carbons (Fsp3) is 0.105. The molecule has 2 N–H and O–H groups in total. The van der Waals surface area contributed by atoms with Gasteiger partial charge in [0.1, 0.15) is 0 Å². The van der Waals surface area contributed by atoms with Gasteiger partial charge in [0.05, 0.1) is 22.8 Å². The summed E-state index contributed by atoms with van der Waals surface area (Å²) in [7, 11) is 0. The molecule has 0 aliphatic heterocycles. The van der Waals surface area contributed by atoms with Crippen molar-refractivity contribution in [2.75, 3.05) is 6.54 Å². The molecule has 6 heteroatoms. The van der Waals surface area contributed by atoms with Gasteiger partial charge in [-0.3, -0.25) is 9.59 Å². The van der Waals surface area contributed by atoms with Crippen molar-refractivity contribution >= 4 is 35.2 Å². The highest BCUT2D eigenvalue weighted by molar-refractivity contribution is 6.33. The van der Waals surface area contributed by atoms with Crippen molar-refractivity contribution in [2.24, 2.45) is 5.10 Å². The Morgan fingerprint density at radius 3 is 2.48 bits per heavy atom. The maximum absolute atomic E-state index is 11.9. The van der Waals surface area contributed by atoms with Crippen LogP contribution in [0.1, 0.15) is 22.8 Å². The zero-order valence-electron chi connectivity index (χ0n) is 13.7. The fourth-order valence-corrected chi connectivity index (χ4v) is 2.13. The molecule has 0 aliphatic carbocycles. The van der Waals surface area contributed by atoms with Crippen molar-refractivity contribution in [1.82, 2.24) is 10.7 Å². The molecule has 2 aromatic carbocycles. The van der Waals surface area contributed by atoms with Crippen molar-refractivity contribution in [3.8, 4) is 0 Å². The van der Waals surface area contributed by atoms with E-state index in [1.54, 1.807) is 37.3 Å². The van der Waals surface area contributed by atoms with E-state index >= 15 is 0 Å². The lowest BCUT2D eigenvalue weighted by Gasteiger charge is -2.05. The maximum atomic E-state index is 11.9. The Morgan fingerprint density at radius 2 is 1.76 bits per heavy atom. The van der Waals surface area contributed by atoms with Gasteiger partial charge in [-0.25, -0.2) is 5.43 Å². The first-order valence-corrected chi connectivity index (χ1v) is 8.03. The average Bonchev–Trinajstić information content (AvgIpc) is 2.64. The first-order chi connectivity index (χ1) is 12.1. The smallest absolute Gasteiger partial charge is 0.259 e. The summed E-state index contributed by atoms with van der Waals surface area (Å²) in [6.45, 7) is 1.57. The number of hydrogen-bond acceptors (Lipinski definition) is 3. The van der Waals surface area contributed by atoms with Crippen molar-refractivity contribution in [3.63, 3.8) is 0 Å². The predicted molar refractivity (Wildman–Crippen MR) is 101 cm³/mol. The second-order valence-electron chi connectivity index (χ2n) is 5.19. The Balaban J connectivity index is 1.81. The summed E-state index contributed by atoms with van der Waals surface area (Å²) in [5.74, 6) is -0.835. The minimum Gasteiger partial charge on any atom is -0.343 e. The molecule has 0 spiro atoms.